The Hall–Kier alpha value is -2.39. The van der Waals surface area contributed by atoms with E-state index in [1.54, 1.807) is 17.9 Å². The van der Waals surface area contributed by atoms with Crippen molar-refractivity contribution >= 4 is 43.5 Å². The first kappa shape index (κ1) is 28.8. The third-order valence-electron chi connectivity index (χ3n) is 5.88. The summed E-state index contributed by atoms with van der Waals surface area (Å²) in [5.41, 5.74) is 2.43. The number of aryl methyl sites for hydroxylation is 1. The first-order chi connectivity index (χ1) is 16.4. The van der Waals surface area contributed by atoms with E-state index < -0.39 is 16.1 Å². The third-order valence-corrected chi connectivity index (χ3v) is 7.60. The average molecular weight is 567 g/mol. The van der Waals surface area contributed by atoms with Crippen LogP contribution in [0.3, 0.4) is 0 Å². The molecule has 0 bridgehead atoms. The van der Waals surface area contributed by atoms with Crippen LogP contribution in [0.15, 0.2) is 53.0 Å². The smallest absolute Gasteiger partial charge is 0.242 e. The summed E-state index contributed by atoms with van der Waals surface area (Å²) >= 11 is 3.42. The minimum atomic E-state index is -3.51. The van der Waals surface area contributed by atoms with Gasteiger partial charge in [0, 0.05) is 30.0 Å². The molecule has 0 heterocycles. The van der Waals surface area contributed by atoms with Gasteiger partial charge in [0.1, 0.15) is 6.04 Å². The van der Waals surface area contributed by atoms with Gasteiger partial charge in [-0.3, -0.25) is 13.9 Å². The van der Waals surface area contributed by atoms with Crippen molar-refractivity contribution in [1.29, 1.82) is 0 Å². The van der Waals surface area contributed by atoms with E-state index in [1.165, 1.54) is 4.31 Å². The van der Waals surface area contributed by atoms with Crippen molar-refractivity contribution in [1.82, 2.24) is 10.2 Å². The molecule has 0 aliphatic carbocycles. The quantitative estimate of drug-likeness (QED) is 0.406. The van der Waals surface area contributed by atoms with Gasteiger partial charge in [-0.15, -0.1) is 0 Å². The Balaban J connectivity index is 2.16. The van der Waals surface area contributed by atoms with Crippen LogP contribution in [0, 0.1) is 6.92 Å². The maximum Gasteiger partial charge on any atom is 0.242 e. The van der Waals surface area contributed by atoms with Crippen LogP contribution in [-0.4, -0.2) is 50.0 Å². The van der Waals surface area contributed by atoms with Gasteiger partial charge in [0.2, 0.25) is 21.8 Å². The number of benzene rings is 2. The Morgan fingerprint density at radius 3 is 2.31 bits per heavy atom. The average Bonchev–Trinajstić information content (AvgIpc) is 2.79. The van der Waals surface area contributed by atoms with Crippen molar-refractivity contribution < 1.29 is 18.0 Å². The largest absolute Gasteiger partial charge is 0.352 e. The summed E-state index contributed by atoms with van der Waals surface area (Å²) in [6.07, 6.45) is 2.41. The Morgan fingerprint density at radius 1 is 1.09 bits per heavy atom. The number of amides is 2. The lowest BCUT2D eigenvalue weighted by molar-refractivity contribution is -0.140. The Bertz CT molecular complexity index is 1110. The minimum absolute atomic E-state index is 0.00670. The fraction of sp³-hybridized carbons (Fsp3) is 0.462. The van der Waals surface area contributed by atoms with Gasteiger partial charge in [0.05, 0.1) is 11.9 Å². The van der Waals surface area contributed by atoms with Crippen LogP contribution in [0.4, 0.5) is 5.69 Å². The summed E-state index contributed by atoms with van der Waals surface area (Å²) in [6, 6.07) is 14.2. The lowest BCUT2D eigenvalue weighted by atomic mass is 10.1. The summed E-state index contributed by atoms with van der Waals surface area (Å²) in [7, 11) is -3.51. The molecule has 2 atom stereocenters. The normalized spacial score (nSPS) is 13.1. The molecule has 0 saturated heterocycles. The summed E-state index contributed by atoms with van der Waals surface area (Å²) < 4.78 is 27.1. The molecule has 0 spiro atoms. The van der Waals surface area contributed by atoms with Crippen LogP contribution in [0.2, 0.25) is 0 Å². The van der Waals surface area contributed by atoms with Crippen LogP contribution in [0.5, 0.6) is 0 Å². The van der Waals surface area contributed by atoms with E-state index in [0.29, 0.717) is 12.1 Å². The number of nitrogens with zero attached hydrogens (tertiary/aromatic N) is 2. The minimum Gasteiger partial charge on any atom is -0.352 e. The first-order valence-electron chi connectivity index (χ1n) is 11.8. The summed E-state index contributed by atoms with van der Waals surface area (Å²) in [5, 5.41) is 2.95. The molecule has 2 aromatic carbocycles. The number of carbonyl (C=O) groups is 2. The van der Waals surface area contributed by atoms with Gasteiger partial charge in [0.15, 0.2) is 0 Å². The molecule has 0 aliphatic heterocycles. The standard InChI is InChI=1S/C26H36BrN3O4S/c1-6-20(3)28-26(32)21(4)29(18-22-12-14-23(27)15-13-22)25(31)11-8-16-30(35(5,33)34)24-10-7-9-19(2)17-24/h7,9-10,12-15,17,20-21H,6,8,11,16,18H2,1-5H3,(H,28,32)/t20-,21-/m1/s1. The highest BCUT2D eigenvalue weighted by Gasteiger charge is 2.27. The highest BCUT2D eigenvalue weighted by molar-refractivity contribution is 9.10. The molecule has 7 nitrogen and oxygen atoms in total. The molecular formula is C26H36BrN3O4S. The van der Waals surface area contributed by atoms with E-state index in [9.17, 15) is 18.0 Å². The van der Waals surface area contributed by atoms with Crippen LogP contribution < -0.4 is 9.62 Å². The number of nitrogens with one attached hydrogen (secondary N) is 1. The van der Waals surface area contributed by atoms with Gasteiger partial charge in [0.25, 0.3) is 0 Å². The van der Waals surface area contributed by atoms with Gasteiger partial charge in [-0.1, -0.05) is 47.1 Å². The first-order valence-corrected chi connectivity index (χ1v) is 14.4. The zero-order valence-electron chi connectivity index (χ0n) is 21.1. The zero-order valence-corrected chi connectivity index (χ0v) is 23.5. The monoisotopic (exact) mass is 565 g/mol. The van der Waals surface area contributed by atoms with E-state index in [2.05, 4.69) is 21.2 Å². The summed E-state index contributed by atoms with van der Waals surface area (Å²) in [6.45, 7) is 8.00. The van der Waals surface area contributed by atoms with Crippen LogP contribution in [0.25, 0.3) is 0 Å². The van der Waals surface area contributed by atoms with Crippen molar-refractivity contribution in [2.24, 2.45) is 0 Å². The van der Waals surface area contributed by atoms with Crippen LogP contribution >= 0.6 is 15.9 Å². The van der Waals surface area contributed by atoms with E-state index in [1.807, 2.05) is 63.2 Å². The van der Waals surface area contributed by atoms with Gasteiger partial charge < -0.3 is 10.2 Å². The summed E-state index contributed by atoms with van der Waals surface area (Å²) in [4.78, 5) is 27.7. The van der Waals surface area contributed by atoms with Crippen LogP contribution in [-0.2, 0) is 26.2 Å². The predicted octanol–water partition coefficient (Wildman–Crippen LogP) is 4.64. The molecule has 35 heavy (non-hydrogen) atoms. The number of carbonyl (C=O) groups excluding carboxylic acids is 2. The zero-order chi connectivity index (χ0) is 26.2. The second-order valence-electron chi connectivity index (χ2n) is 8.92. The molecule has 9 heteroatoms. The van der Waals surface area contributed by atoms with Crippen molar-refractivity contribution in [3.8, 4) is 0 Å². The van der Waals surface area contributed by atoms with Crippen molar-refractivity contribution in [2.45, 2.75) is 65.6 Å². The summed E-state index contributed by atoms with van der Waals surface area (Å²) in [5.74, 6) is -0.403. The molecule has 192 valence electrons. The lowest BCUT2D eigenvalue weighted by Gasteiger charge is -2.30. The molecule has 1 N–H and O–H groups in total. The number of anilines is 1. The predicted molar refractivity (Wildman–Crippen MR) is 145 cm³/mol. The molecular weight excluding hydrogens is 530 g/mol. The topological polar surface area (TPSA) is 86.8 Å². The molecule has 0 saturated carbocycles. The Morgan fingerprint density at radius 2 is 1.74 bits per heavy atom. The second kappa shape index (κ2) is 13.1. The highest BCUT2D eigenvalue weighted by Crippen LogP contribution is 2.20. The molecule has 2 rings (SSSR count). The van der Waals surface area contributed by atoms with Gasteiger partial charge in [-0.05, 0) is 69.0 Å². The maximum absolute atomic E-state index is 13.3. The van der Waals surface area contributed by atoms with Crippen molar-refractivity contribution in [2.75, 3.05) is 17.1 Å². The van der Waals surface area contributed by atoms with Gasteiger partial charge in [-0.25, -0.2) is 8.42 Å². The molecule has 2 aromatic rings. The highest BCUT2D eigenvalue weighted by atomic mass is 79.9. The molecule has 0 aromatic heterocycles. The van der Waals surface area contributed by atoms with Crippen molar-refractivity contribution in [3.63, 3.8) is 0 Å². The number of hydrogen-bond donors (Lipinski definition) is 1. The third kappa shape index (κ3) is 8.96. The lowest BCUT2D eigenvalue weighted by Crippen LogP contribution is -2.49. The van der Waals surface area contributed by atoms with Gasteiger partial charge >= 0.3 is 0 Å². The Kier molecular flexibility index (Phi) is 10.8. The van der Waals surface area contributed by atoms with E-state index in [4.69, 9.17) is 0 Å². The van der Waals surface area contributed by atoms with E-state index >= 15 is 0 Å². The molecule has 0 radical (unpaired) electrons. The van der Waals surface area contributed by atoms with E-state index in [-0.39, 0.29) is 37.4 Å². The van der Waals surface area contributed by atoms with Crippen molar-refractivity contribution in [3.05, 3.63) is 64.1 Å². The molecule has 0 fully saturated rings. The number of hydrogen-bond acceptors (Lipinski definition) is 4. The van der Waals surface area contributed by atoms with Gasteiger partial charge in [-0.2, -0.15) is 0 Å². The fourth-order valence-corrected chi connectivity index (χ4v) is 4.84. The fourth-order valence-electron chi connectivity index (χ4n) is 3.62. The maximum atomic E-state index is 13.3. The SMILES string of the molecule is CC[C@@H](C)NC(=O)[C@@H](C)N(Cc1ccc(Br)cc1)C(=O)CCCN(c1cccc(C)c1)S(C)(=O)=O. The second-order valence-corrected chi connectivity index (χ2v) is 11.7. The number of rotatable bonds is 12. The molecule has 2 amide bonds. The number of sulfonamides is 1. The van der Waals surface area contributed by atoms with E-state index in [0.717, 1.165) is 28.3 Å². The molecule has 0 aliphatic rings. The number of halogens is 1. The van der Waals surface area contributed by atoms with Crippen LogP contribution in [0.1, 0.15) is 51.2 Å². The Labute approximate surface area is 218 Å². The molecule has 0 unspecified atom stereocenters.